The first-order valence-corrected chi connectivity index (χ1v) is 8.21. The SMILES string of the molecule is CCOc1cc([N+](=O)[O-])c(C(=O)OCc2cc(C)ccc2OC)cc1OC. The molecule has 0 aliphatic rings. The molecule has 0 N–H and O–H groups in total. The molecule has 0 saturated carbocycles. The fourth-order valence-corrected chi connectivity index (χ4v) is 2.53. The highest BCUT2D eigenvalue weighted by Gasteiger charge is 2.26. The molecule has 2 aromatic carbocycles. The Balaban J connectivity index is 2.32. The predicted molar refractivity (Wildman–Crippen MR) is 97.7 cm³/mol. The van der Waals surface area contributed by atoms with Crippen LogP contribution in [0.3, 0.4) is 0 Å². The van der Waals surface area contributed by atoms with Crippen molar-refractivity contribution in [2.24, 2.45) is 0 Å². The number of rotatable bonds is 8. The number of carbonyl (C=O) groups excluding carboxylic acids is 1. The second-order valence-electron chi connectivity index (χ2n) is 5.60. The van der Waals surface area contributed by atoms with E-state index in [0.717, 1.165) is 11.6 Å². The summed E-state index contributed by atoms with van der Waals surface area (Å²) in [6, 6.07) is 7.86. The maximum absolute atomic E-state index is 12.5. The lowest BCUT2D eigenvalue weighted by molar-refractivity contribution is -0.385. The molecule has 0 aliphatic carbocycles. The molecular formula is C19H21NO7. The number of methoxy groups -OCH3 is 2. The van der Waals surface area contributed by atoms with E-state index < -0.39 is 16.6 Å². The largest absolute Gasteiger partial charge is 0.496 e. The van der Waals surface area contributed by atoms with E-state index in [0.29, 0.717) is 17.9 Å². The fraction of sp³-hybridized carbons (Fsp3) is 0.316. The zero-order chi connectivity index (χ0) is 20.0. The van der Waals surface area contributed by atoms with E-state index >= 15 is 0 Å². The molecular weight excluding hydrogens is 354 g/mol. The van der Waals surface area contributed by atoms with Gasteiger partial charge in [0.1, 0.15) is 17.9 Å². The number of aryl methyl sites for hydroxylation is 1. The Kier molecular flexibility index (Phi) is 6.59. The van der Waals surface area contributed by atoms with Gasteiger partial charge in [-0.1, -0.05) is 11.6 Å². The van der Waals surface area contributed by atoms with Crippen LogP contribution in [0.4, 0.5) is 5.69 Å². The van der Waals surface area contributed by atoms with Gasteiger partial charge in [-0.05, 0) is 26.0 Å². The Bertz CT molecular complexity index is 848. The number of ether oxygens (including phenoxy) is 4. The minimum absolute atomic E-state index is 0.0869. The van der Waals surface area contributed by atoms with Gasteiger partial charge in [0.2, 0.25) is 0 Å². The number of nitro groups is 1. The minimum Gasteiger partial charge on any atom is -0.496 e. The highest BCUT2D eigenvalue weighted by molar-refractivity contribution is 5.95. The van der Waals surface area contributed by atoms with Crippen molar-refractivity contribution in [1.29, 1.82) is 0 Å². The lowest BCUT2D eigenvalue weighted by atomic mass is 10.1. The average Bonchev–Trinajstić information content (AvgIpc) is 2.66. The van der Waals surface area contributed by atoms with Crippen LogP contribution in [0.5, 0.6) is 17.2 Å². The number of nitro benzene ring substituents is 1. The van der Waals surface area contributed by atoms with Crippen LogP contribution in [-0.2, 0) is 11.3 Å². The molecule has 0 unspecified atom stereocenters. The van der Waals surface area contributed by atoms with Crippen molar-refractivity contribution < 1.29 is 28.7 Å². The van der Waals surface area contributed by atoms with Crippen LogP contribution in [0.15, 0.2) is 30.3 Å². The van der Waals surface area contributed by atoms with Crippen molar-refractivity contribution in [2.75, 3.05) is 20.8 Å². The molecule has 0 radical (unpaired) electrons. The molecule has 2 aromatic rings. The molecule has 0 atom stereocenters. The van der Waals surface area contributed by atoms with Crippen LogP contribution in [0, 0.1) is 17.0 Å². The van der Waals surface area contributed by atoms with Crippen LogP contribution >= 0.6 is 0 Å². The molecule has 27 heavy (non-hydrogen) atoms. The monoisotopic (exact) mass is 375 g/mol. The topological polar surface area (TPSA) is 97.1 Å². The van der Waals surface area contributed by atoms with Gasteiger partial charge in [0, 0.05) is 11.6 Å². The highest BCUT2D eigenvalue weighted by Crippen LogP contribution is 2.35. The van der Waals surface area contributed by atoms with Crippen LogP contribution in [0.1, 0.15) is 28.4 Å². The zero-order valence-corrected chi connectivity index (χ0v) is 15.6. The second-order valence-corrected chi connectivity index (χ2v) is 5.60. The normalized spacial score (nSPS) is 10.2. The van der Waals surface area contributed by atoms with Crippen molar-refractivity contribution in [3.63, 3.8) is 0 Å². The van der Waals surface area contributed by atoms with Crippen LogP contribution < -0.4 is 14.2 Å². The van der Waals surface area contributed by atoms with Crippen molar-refractivity contribution in [3.05, 3.63) is 57.1 Å². The van der Waals surface area contributed by atoms with Gasteiger partial charge < -0.3 is 18.9 Å². The third kappa shape index (κ3) is 4.66. The molecule has 144 valence electrons. The molecule has 0 heterocycles. The molecule has 0 aliphatic heterocycles. The van der Waals surface area contributed by atoms with E-state index in [2.05, 4.69) is 0 Å². The lowest BCUT2D eigenvalue weighted by Crippen LogP contribution is -2.10. The summed E-state index contributed by atoms with van der Waals surface area (Å²) in [5.74, 6) is 0.116. The maximum Gasteiger partial charge on any atom is 0.345 e. The molecule has 8 nitrogen and oxygen atoms in total. The van der Waals surface area contributed by atoms with E-state index in [1.807, 2.05) is 19.1 Å². The number of esters is 1. The molecule has 0 fully saturated rings. The van der Waals surface area contributed by atoms with Gasteiger partial charge in [0.05, 0.1) is 31.8 Å². The van der Waals surface area contributed by atoms with E-state index in [1.54, 1.807) is 13.0 Å². The molecule has 0 aromatic heterocycles. The Labute approximate surface area is 156 Å². The first-order valence-electron chi connectivity index (χ1n) is 8.21. The number of hydrogen-bond donors (Lipinski definition) is 0. The fourth-order valence-electron chi connectivity index (χ4n) is 2.53. The molecule has 0 saturated heterocycles. The first kappa shape index (κ1) is 20.0. The third-order valence-corrected chi connectivity index (χ3v) is 3.79. The average molecular weight is 375 g/mol. The Morgan fingerprint density at radius 3 is 2.37 bits per heavy atom. The highest BCUT2D eigenvalue weighted by atomic mass is 16.6. The Morgan fingerprint density at radius 2 is 1.78 bits per heavy atom. The standard InChI is InChI=1S/C19H21NO7/c1-5-26-18-10-15(20(22)23)14(9-17(18)25-4)19(21)27-11-13-8-12(2)6-7-16(13)24-3/h6-10H,5,11H2,1-4H3. The van der Waals surface area contributed by atoms with Crippen molar-refractivity contribution in [1.82, 2.24) is 0 Å². The molecule has 0 bridgehead atoms. The van der Waals surface area contributed by atoms with Gasteiger partial charge >= 0.3 is 5.97 Å². The van der Waals surface area contributed by atoms with Gasteiger partial charge in [-0.15, -0.1) is 0 Å². The summed E-state index contributed by atoms with van der Waals surface area (Å²) in [5, 5.41) is 11.4. The molecule has 8 heteroatoms. The molecule has 2 rings (SSSR count). The smallest absolute Gasteiger partial charge is 0.345 e. The van der Waals surface area contributed by atoms with E-state index in [4.69, 9.17) is 18.9 Å². The van der Waals surface area contributed by atoms with E-state index in [9.17, 15) is 14.9 Å². The number of carbonyl (C=O) groups is 1. The summed E-state index contributed by atoms with van der Waals surface area (Å²) in [6.07, 6.45) is 0. The van der Waals surface area contributed by atoms with Crippen molar-refractivity contribution >= 4 is 11.7 Å². The van der Waals surface area contributed by atoms with Crippen molar-refractivity contribution in [2.45, 2.75) is 20.5 Å². The number of nitrogens with zero attached hydrogens (tertiary/aromatic N) is 1. The summed E-state index contributed by atoms with van der Waals surface area (Å²) in [5.41, 5.74) is 0.995. The van der Waals surface area contributed by atoms with Gasteiger partial charge in [-0.3, -0.25) is 10.1 Å². The lowest BCUT2D eigenvalue weighted by Gasteiger charge is -2.13. The maximum atomic E-state index is 12.5. The molecule has 0 spiro atoms. The van der Waals surface area contributed by atoms with Crippen LogP contribution in [0.2, 0.25) is 0 Å². The van der Waals surface area contributed by atoms with E-state index in [-0.39, 0.29) is 23.7 Å². The van der Waals surface area contributed by atoms with Crippen LogP contribution in [-0.4, -0.2) is 31.7 Å². The summed E-state index contributed by atoms with van der Waals surface area (Å²) in [7, 11) is 2.90. The quantitative estimate of drug-likeness (QED) is 0.394. The predicted octanol–water partition coefficient (Wildman–Crippen LogP) is 3.68. The third-order valence-electron chi connectivity index (χ3n) is 3.79. The van der Waals surface area contributed by atoms with Crippen molar-refractivity contribution in [3.8, 4) is 17.2 Å². The summed E-state index contributed by atoms with van der Waals surface area (Å²) in [4.78, 5) is 23.2. The van der Waals surface area contributed by atoms with E-state index in [1.165, 1.54) is 20.3 Å². The molecule has 0 amide bonds. The van der Waals surface area contributed by atoms with Gasteiger partial charge in [-0.2, -0.15) is 0 Å². The Morgan fingerprint density at radius 1 is 1.07 bits per heavy atom. The minimum atomic E-state index is -0.841. The number of hydrogen-bond acceptors (Lipinski definition) is 7. The summed E-state index contributed by atoms with van der Waals surface area (Å²) < 4.78 is 21.0. The zero-order valence-electron chi connectivity index (χ0n) is 15.6. The second kappa shape index (κ2) is 8.88. The first-order chi connectivity index (χ1) is 12.9. The van der Waals surface area contributed by atoms with Crippen LogP contribution in [0.25, 0.3) is 0 Å². The Hall–Kier alpha value is -3.29. The van der Waals surface area contributed by atoms with Gasteiger partial charge in [0.25, 0.3) is 5.69 Å². The summed E-state index contributed by atoms with van der Waals surface area (Å²) >= 11 is 0. The van der Waals surface area contributed by atoms with Gasteiger partial charge in [0.15, 0.2) is 11.5 Å². The van der Waals surface area contributed by atoms with Gasteiger partial charge in [-0.25, -0.2) is 4.79 Å². The number of benzene rings is 2. The summed E-state index contributed by atoms with van der Waals surface area (Å²) in [6.45, 7) is 3.84.